The molecule has 0 aromatic heterocycles. The van der Waals surface area contributed by atoms with E-state index in [-0.39, 0.29) is 32.5 Å². The summed E-state index contributed by atoms with van der Waals surface area (Å²) >= 11 is 6.11. The van der Waals surface area contributed by atoms with E-state index in [9.17, 15) is 18.0 Å². The van der Waals surface area contributed by atoms with E-state index in [0.29, 0.717) is 13.1 Å². The van der Waals surface area contributed by atoms with Gasteiger partial charge in [-0.2, -0.15) is 4.31 Å². The van der Waals surface area contributed by atoms with Gasteiger partial charge in [-0.15, -0.1) is 0 Å². The summed E-state index contributed by atoms with van der Waals surface area (Å²) in [6, 6.07) is 8.48. The summed E-state index contributed by atoms with van der Waals surface area (Å²) in [7, 11) is -0.861. The third kappa shape index (κ3) is 5.14. The van der Waals surface area contributed by atoms with Crippen molar-refractivity contribution in [2.75, 3.05) is 27.3 Å². The van der Waals surface area contributed by atoms with Gasteiger partial charge in [-0.3, -0.25) is 20.4 Å². The largest absolute Gasteiger partial charge is 0.493 e. The number of hydrogen-bond donors (Lipinski definition) is 2. The van der Waals surface area contributed by atoms with Crippen molar-refractivity contribution in [3.05, 3.63) is 52.5 Å². The number of carbonyl (C=O) groups excluding carboxylic acids is 2. The number of hydrazine groups is 1. The lowest BCUT2D eigenvalue weighted by atomic mass is 10.2. The monoisotopic (exact) mass is 481 g/mol. The topological polar surface area (TPSA) is 114 Å². The predicted octanol–water partition coefficient (Wildman–Crippen LogP) is 2.61. The molecule has 11 heteroatoms. The fourth-order valence-corrected chi connectivity index (χ4v) is 5.21. The van der Waals surface area contributed by atoms with Gasteiger partial charge in [0.25, 0.3) is 11.8 Å². The molecule has 1 heterocycles. The number of carbonyl (C=O) groups is 2. The lowest BCUT2D eigenvalue weighted by Crippen LogP contribution is -2.41. The van der Waals surface area contributed by atoms with Crippen LogP contribution in [0.1, 0.15) is 40.0 Å². The number of rotatable bonds is 6. The van der Waals surface area contributed by atoms with Crippen molar-refractivity contribution in [1.82, 2.24) is 15.2 Å². The average molecular weight is 482 g/mol. The molecule has 0 bridgehead atoms. The molecule has 0 radical (unpaired) electrons. The van der Waals surface area contributed by atoms with Crippen molar-refractivity contribution < 1.29 is 27.5 Å². The molecule has 2 N–H and O–H groups in total. The van der Waals surface area contributed by atoms with Crippen LogP contribution in [-0.2, 0) is 10.0 Å². The quantitative estimate of drug-likeness (QED) is 0.613. The van der Waals surface area contributed by atoms with Crippen LogP contribution >= 0.6 is 11.6 Å². The van der Waals surface area contributed by atoms with Gasteiger partial charge in [-0.1, -0.05) is 24.1 Å². The van der Waals surface area contributed by atoms with Gasteiger partial charge in [-0.05, 0) is 43.2 Å². The van der Waals surface area contributed by atoms with E-state index in [1.54, 1.807) is 0 Å². The first-order valence-corrected chi connectivity index (χ1v) is 11.7. The second-order valence-electron chi connectivity index (χ2n) is 7.09. The maximum atomic E-state index is 12.8. The highest BCUT2D eigenvalue weighted by Crippen LogP contribution is 2.35. The standard InChI is InChI=1S/C21H24ClN3O6S/c1-30-18-13-15(12-17(22)19(18)31-2)21(27)24-23-20(26)14-7-6-8-16(11-14)32(28,29)25-9-4-3-5-10-25/h6-8,11-13H,3-5,9-10H2,1-2H3,(H,23,26)(H,24,27). The number of amides is 2. The molecule has 0 aliphatic carbocycles. The fraction of sp³-hybridized carbons (Fsp3) is 0.333. The number of piperidine rings is 1. The molecule has 1 fully saturated rings. The zero-order chi connectivity index (χ0) is 23.3. The van der Waals surface area contributed by atoms with Crippen molar-refractivity contribution in [2.45, 2.75) is 24.2 Å². The van der Waals surface area contributed by atoms with Gasteiger partial charge in [0.2, 0.25) is 10.0 Å². The Balaban J connectivity index is 1.71. The highest BCUT2D eigenvalue weighted by Gasteiger charge is 2.26. The van der Waals surface area contributed by atoms with Crippen molar-refractivity contribution in [3.63, 3.8) is 0 Å². The van der Waals surface area contributed by atoms with Crippen molar-refractivity contribution in [3.8, 4) is 11.5 Å². The Morgan fingerprint density at radius 3 is 2.22 bits per heavy atom. The summed E-state index contributed by atoms with van der Waals surface area (Å²) in [5.41, 5.74) is 4.79. The SMILES string of the molecule is COc1cc(C(=O)NNC(=O)c2cccc(S(=O)(=O)N3CCCCC3)c2)cc(Cl)c1OC. The summed E-state index contributed by atoms with van der Waals surface area (Å²) in [4.78, 5) is 25.0. The fourth-order valence-electron chi connectivity index (χ4n) is 3.36. The first-order chi connectivity index (χ1) is 15.3. The number of methoxy groups -OCH3 is 2. The molecule has 9 nitrogen and oxygen atoms in total. The third-order valence-electron chi connectivity index (χ3n) is 5.03. The summed E-state index contributed by atoms with van der Waals surface area (Å²) in [5.74, 6) is -0.771. The summed E-state index contributed by atoms with van der Waals surface area (Å²) in [6.07, 6.45) is 2.62. The summed E-state index contributed by atoms with van der Waals surface area (Å²) < 4.78 is 37.4. The van der Waals surface area contributed by atoms with Crippen molar-refractivity contribution in [2.24, 2.45) is 0 Å². The molecule has 1 aliphatic heterocycles. The van der Waals surface area contributed by atoms with Gasteiger partial charge in [0, 0.05) is 24.2 Å². The minimum Gasteiger partial charge on any atom is -0.493 e. The molecule has 1 aliphatic rings. The van der Waals surface area contributed by atoms with Crippen LogP contribution in [0.3, 0.4) is 0 Å². The van der Waals surface area contributed by atoms with Gasteiger partial charge in [-0.25, -0.2) is 8.42 Å². The van der Waals surface area contributed by atoms with Crippen LogP contribution in [0.25, 0.3) is 0 Å². The van der Waals surface area contributed by atoms with E-state index in [1.165, 1.54) is 54.9 Å². The van der Waals surface area contributed by atoms with Crippen LogP contribution in [0.15, 0.2) is 41.3 Å². The zero-order valence-electron chi connectivity index (χ0n) is 17.7. The average Bonchev–Trinajstić information content (AvgIpc) is 2.82. The maximum Gasteiger partial charge on any atom is 0.269 e. The van der Waals surface area contributed by atoms with Gasteiger partial charge in [0.1, 0.15) is 0 Å². The Kier molecular flexibility index (Phi) is 7.60. The number of ether oxygens (including phenoxy) is 2. The Labute approximate surface area is 191 Å². The van der Waals surface area contributed by atoms with Crippen LogP contribution in [0.2, 0.25) is 5.02 Å². The lowest BCUT2D eigenvalue weighted by molar-refractivity contribution is 0.0846. The smallest absolute Gasteiger partial charge is 0.269 e. The number of nitrogens with one attached hydrogen (secondary N) is 2. The Morgan fingerprint density at radius 2 is 1.59 bits per heavy atom. The minimum absolute atomic E-state index is 0.0325. The van der Waals surface area contributed by atoms with Gasteiger partial charge in [0.05, 0.1) is 24.1 Å². The first kappa shape index (κ1) is 23.8. The molecular formula is C21H24ClN3O6S. The Morgan fingerprint density at radius 1 is 0.938 bits per heavy atom. The van der Waals surface area contributed by atoms with Crippen molar-refractivity contribution in [1.29, 1.82) is 0 Å². The van der Waals surface area contributed by atoms with Gasteiger partial charge in [0.15, 0.2) is 11.5 Å². The van der Waals surface area contributed by atoms with Crippen molar-refractivity contribution >= 4 is 33.4 Å². The van der Waals surface area contributed by atoms with Gasteiger partial charge < -0.3 is 9.47 Å². The zero-order valence-corrected chi connectivity index (χ0v) is 19.3. The number of hydrogen-bond acceptors (Lipinski definition) is 6. The molecule has 3 rings (SSSR count). The van der Waals surface area contributed by atoms with Crippen LogP contribution in [0.4, 0.5) is 0 Å². The summed E-state index contributed by atoms with van der Waals surface area (Å²) in [6.45, 7) is 0.922. The molecule has 172 valence electrons. The third-order valence-corrected chi connectivity index (χ3v) is 7.21. The van der Waals surface area contributed by atoms with E-state index >= 15 is 0 Å². The molecule has 0 spiro atoms. The molecular weight excluding hydrogens is 458 g/mol. The van der Waals surface area contributed by atoms with E-state index in [1.807, 2.05) is 0 Å². The Bertz CT molecular complexity index is 1120. The number of halogens is 1. The highest BCUT2D eigenvalue weighted by atomic mass is 35.5. The molecule has 0 unspecified atom stereocenters. The number of nitrogens with zero attached hydrogens (tertiary/aromatic N) is 1. The van der Waals surface area contributed by atoms with Crippen LogP contribution in [0.5, 0.6) is 11.5 Å². The lowest BCUT2D eigenvalue weighted by Gasteiger charge is -2.26. The first-order valence-electron chi connectivity index (χ1n) is 9.90. The predicted molar refractivity (Wildman–Crippen MR) is 119 cm³/mol. The molecule has 2 aromatic rings. The Hall–Kier alpha value is -2.82. The van der Waals surface area contributed by atoms with E-state index in [0.717, 1.165) is 19.3 Å². The number of sulfonamides is 1. The molecule has 2 aromatic carbocycles. The number of benzene rings is 2. The van der Waals surface area contributed by atoms with Gasteiger partial charge >= 0.3 is 0 Å². The van der Waals surface area contributed by atoms with Crippen LogP contribution in [0, 0.1) is 0 Å². The van der Waals surface area contributed by atoms with Crippen LogP contribution in [-0.4, -0.2) is 51.8 Å². The van der Waals surface area contributed by atoms with E-state index in [2.05, 4.69) is 10.9 Å². The molecule has 0 atom stereocenters. The van der Waals surface area contributed by atoms with Crippen LogP contribution < -0.4 is 20.3 Å². The molecule has 2 amide bonds. The molecule has 1 saturated heterocycles. The summed E-state index contributed by atoms with van der Waals surface area (Å²) in [5, 5.41) is 0.166. The second kappa shape index (κ2) is 10.2. The highest BCUT2D eigenvalue weighted by molar-refractivity contribution is 7.89. The second-order valence-corrected chi connectivity index (χ2v) is 9.44. The molecule has 32 heavy (non-hydrogen) atoms. The van der Waals surface area contributed by atoms with E-state index < -0.39 is 21.8 Å². The normalized spacial score (nSPS) is 14.5. The van der Waals surface area contributed by atoms with E-state index in [4.69, 9.17) is 21.1 Å². The maximum absolute atomic E-state index is 12.8. The minimum atomic E-state index is -3.69. The molecule has 0 saturated carbocycles.